The molecule has 0 bridgehead atoms. The molecule has 0 heteroatoms. The molecule has 16 heavy (non-hydrogen) atoms. The Kier molecular flexibility index (Phi) is 7.97. The third-order valence-electron chi connectivity index (χ3n) is 2.91. The zero-order chi connectivity index (χ0) is 12.6. The number of hydrogen-bond donors (Lipinski definition) is 0. The molecule has 0 saturated carbocycles. The summed E-state index contributed by atoms with van der Waals surface area (Å²) in [6.07, 6.45) is 2.64. The van der Waals surface area contributed by atoms with Crippen LogP contribution in [0.4, 0.5) is 0 Å². The molecule has 1 aromatic carbocycles. The molecule has 0 aliphatic heterocycles. The second kappa shape index (κ2) is 8.38. The van der Waals surface area contributed by atoms with Crippen LogP contribution in [0, 0.1) is 5.92 Å². The van der Waals surface area contributed by atoms with Crippen molar-refractivity contribution in [3.63, 3.8) is 0 Å². The second-order valence-electron chi connectivity index (χ2n) is 4.14. The van der Waals surface area contributed by atoms with Gasteiger partial charge in [-0.05, 0) is 35.8 Å². The molecule has 0 fully saturated rings. The summed E-state index contributed by atoms with van der Waals surface area (Å²) in [5.74, 6) is 1.64. The molecule has 0 spiro atoms. The van der Waals surface area contributed by atoms with E-state index in [1.54, 1.807) is 11.1 Å². The van der Waals surface area contributed by atoms with Crippen LogP contribution in [-0.2, 0) is 6.42 Å². The lowest BCUT2D eigenvalue weighted by Gasteiger charge is -2.26. The predicted molar refractivity (Wildman–Crippen MR) is 75.0 cm³/mol. The molecule has 0 saturated heterocycles. The molecule has 1 aliphatic carbocycles. The highest BCUT2D eigenvalue weighted by atomic mass is 14.2. The number of hydrogen-bond acceptors (Lipinski definition) is 0. The largest absolute Gasteiger partial charge is 0.0683 e. The predicted octanol–water partition coefficient (Wildman–Crippen LogP) is 5.42. The van der Waals surface area contributed by atoms with Gasteiger partial charge in [0.1, 0.15) is 0 Å². The van der Waals surface area contributed by atoms with Crippen molar-refractivity contribution in [2.24, 2.45) is 5.92 Å². The van der Waals surface area contributed by atoms with Gasteiger partial charge in [0.25, 0.3) is 0 Å². The fourth-order valence-corrected chi connectivity index (χ4v) is 2.39. The topological polar surface area (TPSA) is 0 Å². The molecule has 2 rings (SSSR count). The van der Waals surface area contributed by atoms with E-state index in [2.05, 4.69) is 38.1 Å². The first-order valence-corrected chi connectivity index (χ1v) is 6.85. The summed E-state index contributed by atoms with van der Waals surface area (Å²) in [4.78, 5) is 0. The van der Waals surface area contributed by atoms with Gasteiger partial charge in [0, 0.05) is 0 Å². The zero-order valence-corrected chi connectivity index (χ0v) is 11.9. The average molecular weight is 220 g/mol. The van der Waals surface area contributed by atoms with Crippen molar-refractivity contribution < 1.29 is 0 Å². The van der Waals surface area contributed by atoms with Crippen molar-refractivity contribution in [2.75, 3.05) is 0 Å². The van der Waals surface area contributed by atoms with Crippen LogP contribution in [0.25, 0.3) is 0 Å². The van der Waals surface area contributed by atoms with Crippen molar-refractivity contribution in [3.8, 4) is 0 Å². The normalized spacial score (nSPS) is 21.9. The van der Waals surface area contributed by atoms with Crippen LogP contribution in [0.2, 0.25) is 0 Å². The van der Waals surface area contributed by atoms with Gasteiger partial charge in [0.15, 0.2) is 0 Å². The number of benzene rings is 1. The SMILES string of the molecule is CC.CC.C[C@@H]1Cc2ccccc2[C@H](C)C1. The van der Waals surface area contributed by atoms with E-state index in [0.29, 0.717) is 0 Å². The Morgan fingerprint density at radius 1 is 0.938 bits per heavy atom. The van der Waals surface area contributed by atoms with E-state index < -0.39 is 0 Å². The molecule has 0 nitrogen and oxygen atoms in total. The average Bonchev–Trinajstić information content (AvgIpc) is 2.34. The quantitative estimate of drug-likeness (QED) is 0.547. The monoisotopic (exact) mass is 220 g/mol. The lowest BCUT2D eigenvalue weighted by atomic mass is 9.79. The first-order valence-electron chi connectivity index (χ1n) is 6.85. The molecule has 0 aromatic heterocycles. The first-order chi connectivity index (χ1) is 7.77. The maximum Gasteiger partial charge on any atom is -0.0185 e. The molecular formula is C16H28. The Hall–Kier alpha value is -0.780. The van der Waals surface area contributed by atoms with Gasteiger partial charge in [0.05, 0.1) is 0 Å². The van der Waals surface area contributed by atoms with E-state index in [9.17, 15) is 0 Å². The van der Waals surface area contributed by atoms with Crippen molar-refractivity contribution in [3.05, 3.63) is 35.4 Å². The third kappa shape index (κ3) is 4.00. The summed E-state index contributed by atoms with van der Waals surface area (Å²) in [6, 6.07) is 8.88. The van der Waals surface area contributed by atoms with Crippen LogP contribution in [0.1, 0.15) is 65.0 Å². The van der Waals surface area contributed by atoms with E-state index in [1.807, 2.05) is 27.7 Å². The highest BCUT2D eigenvalue weighted by Gasteiger charge is 2.19. The van der Waals surface area contributed by atoms with Crippen LogP contribution in [-0.4, -0.2) is 0 Å². The summed E-state index contributed by atoms with van der Waals surface area (Å²) in [5, 5.41) is 0. The molecule has 2 atom stereocenters. The Bertz CT molecular complexity index is 275. The van der Waals surface area contributed by atoms with Crippen molar-refractivity contribution in [2.45, 2.75) is 60.3 Å². The van der Waals surface area contributed by atoms with E-state index in [0.717, 1.165) is 11.8 Å². The van der Waals surface area contributed by atoms with Crippen LogP contribution in [0.15, 0.2) is 24.3 Å². The minimum atomic E-state index is 0.768. The van der Waals surface area contributed by atoms with Gasteiger partial charge >= 0.3 is 0 Å². The molecule has 0 unspecified atom stereocenters. The van der Waals surface area contributed by atoms with Gasteiger partial charge in [-0.15, -0.1) is 0 Å². The maximum atomic E-state index is 2.35. The van der Waals surface area contributed by atoms with Gasteiger partial charge in [-0.25, -0.2) is 0 Å². The number of rotatable bonds is 0. The van der Waals surface area contributed by atoms with E-state index in [1.165, 1.54) is 12.8 Å². The lowest BCUT2D eigenvalue weighted by molar-refractivity contribution is 0.450. The molecule has 0 N–H and O–H groups in total. The Morgan fingerprint density at radius 3 is 2.12 bits per heavy atom. The fourth-order valence-electron chi connectivity index (χ4n) is 2.39. The van der Waals surface area contributed by atoms with Crippen molar-refractivity contribution in [1.29, 1.82) is 0 Å². The summed E-state index contributed by atoms with van der Waals surface area (Å²) in [6.45, 7) is 12.7. The summed E-state index contributed by atoms with van der Waals surface area (Å²) in [5.41, 5.74) is 3.15. The maximum absolute atomic E-state index is 2.35. The van der Waals surface area contributed by atoms with Gasteiger partial charge in [-0.1, -0.05) is 65.8 Å². The Balaban J connectivity index is 0.000000509. The summed E-state index contributed by atoms with van der Waals surface area (Å²) < 4.78 is 0. The van der Waals surface area contributed by atoms with Gasteiger partial charge in [-0.3, -0.25) is 0 Å². The minimum absolute atomic E-state index is 0.768. The molecule has 1 aromatic rings. The van der Waals surface area contributed by atoms with Crippen LogP contribution < -0.4 is 0 Å². The van der Waals surface area contributed by atoms with E-state index in [-0.39, 0.29) is 0 Å². The fraction of sp³-hybridized carbons (Fsp3) is 0.625. The summed E-state index contributed by atoms with van der Waals surface area (Å²) in [7, 11) is 0. The van der Waals surface area contributed by atoms with Gasteiger partial charge < -0.3 is 0 Å². The molecule has 1 aliphatic rings. The molecule has 0 radical (unpaired) electrons. The van der Waals surface area contributed by atoms with Crippen molar-refractivity contribution in [1.82, 2.24) is 0 Å². The summed E-state index contributed by atoms with van der Waals surface area (Å²) >= 11 is 0. The van der Waals surface area contributed by atoms with E-state index >= 15 is 0 Å². The van der Waals surface area contributed by atoms with Crippen LogP contribution in [0.5, 0.6) is 0 Å². The highest BCUT2D eigenvalue weighted by Crippen LogP contribution is 2.33. The second-order valence-corrected chi connectivity index (χ2v) is 4.14. The smallest absolute Gasteiger partial charge is 0.0185 e. The van der Waals surface area contributed by atoms with Gasteiger partial charge in [0.2, 0.25) is 0 Å². The zero-order valence-electron chi connectivity index (χ0n) is 11.9. The highest BCUT2D eigenvalue weighted by molar-refractivity contribution is 5.32. The Morgan fingerprint density at radius 2 is 1.50 bits per heavy atom. The minimum Gasteiger partial charge on any atom is -0.0683 e. The molecular weight excluding hydrogens is 192 g/mol. The van der Waals surface area contributed by atoms with Crippen LogP contribution >= 0.6 is 0 Å². The Labute approximate surface area is 102 Å². The standard InChI is InChI=1S/C12H16.2C2H6/c1-9-7-10(2)12-6-4-3-5-11(12)8-9;2*1-2/h3-6,9-10H,7-8H2,1-2H3;2*1-2H3/t9-,10+;;/m0../s1. The van der Waals surface area contributed by atoms with E-state index in [4.69, 9.17) is 0 Å². The first kappa shape index (κ1) is 15.2. The lowest BCUT2D eigenvalue weighted by Crippen LogP contribution is -2.14. The van der Waals surface area contributed by atoms with Gasteiger partial charge in [-0.2, -0.15) is 0 Å². The van der Waals surface area contributed by atoms with Crippen molar-refractivity contribution >= 4 is 0 Å². The molecule has 0 amide bonds. The molecule has 0 heterocycles. The van der Waals surface area contributed by atoms with Crippen LogP contribution in [0.3, 0.4) is 0 Å². The molecule has 92 valence electrons. The third-order valence-corrected chi connectivity index (χ3v) is 2.91. The number of fused-ring (bicyclic) bond motifs is 1.